The first kappa shape index (κ1) is 14.0. The van der Waals surface area contributed by atoms with Gasteiger partial charge in [0.05, 0.1) is 23.1 Å². The van der Waals surface area contributed by atoms with Gasteiger partial charge in [0.25, 0.3) is 0 Å². The van der Waals surface area contributed by atoms with Crippen LogP contribution in [0.4, 0.5) is 0 Å². The van der Waals surface area contributed by atoms with Crippen molar-refractivity contribution in [3.63, 3.8) is 0 Å². The molecule has 2 rings (SSSR count). The molecule has 2 atom stereocenters. The Hall–Kier alpha value is -1.38. The molecule has 0 aromatic heterocycles. The van der Waals surface area contributed by atoms with Gasteiger partial charge >= 0.3 is 0 Å². The van der Waals surface area contributed by atoms with Gasteiger partial charge in [-0.2, -0.15) is 5.26 Å². The molecular formula is C14H18N2O2S. The van der Waals surface area contributed by atoms with Crippen molar-refractivity contribution in [2.75, 3.05) is 11.5 Å². The van der Waals surface area contributed by atoms with Crippen LogP contribution in [-0.4, -0.2) is 26.0 Å². The van der Waals surface area contributed by atoms with Crippen LogP contribution in [0.1, 0.15) is 36.9 Å². The molecule has 1 aromatic carbocycles. The zero-order valence-electron chi connectivity index (χ0n) is 11.0. The van der Waals surface area contributed by atoms with E-state index in [1.54, 1.807) is 12.1 Å². The molecule has 1 saturated heterocycles. The summed E-state index contributed by atoms with van der Waals surface area (Å²) in [4.78, 5) is 0. The summed E-state index contributed by atoms with van der Waals surface area (Å²) in [6.07, 6.45) is 1.64. The van der Waals surface area contributed by atoms with E-state index >= 15 is 0 Å². The second kappa shape index (κ2) is 5.72. The van der Waals surface area contributed by atoms with Gasteiger partial charge in [0.2, 0.25) is 0 Å². The first-order chi connectivity index (χ1) is 9.00. The summed E-state index contributed by atoms with van der Waals surface area (Å²) < 4.78 is 23.2. The van der Waals surface area contributed by atoms with Crippen molar-refractivity contribution in [1.82, 2.24) is 5.32 Å². The van der Waals surface area contributed by atoms with E-state index in [0.29, 0.717) is 11.3 Å². The first-order valence-electron chi connectivity index (χ1n) is 6.47. The lowest BCUT2D eigenvalue weighted by Gasteiger charge is -2.26. The highest BCUT2D eigenvalue weighted by atomic mass is 32.2. The Labute approximate surface area is 114 Å². The molecule has 4 nitrogen and oxygen atoms in total. The van der Waals surface area contributed by atoms with Gasteiger partial charge < -0.3 is 5.32 Å². The molecule has 1 heterocycles. The summed E-state index contributed by atoms with van der Waals surface area (Å²) in [5.41, 5.74) is 1.71. The largest absolute Gasteiger partial charge is 0.306 e. The second-order valence-corrected chi connectivity index (χ2v) is 7.30. The number of hydrogen-bond donors (Lipinski definition) is 1. The second-order valence-electron chi connectivity index (χ2n) is 5.08. The fourth-order valence-corrected chi connectivity index (χ4v) is 4.10. The number of rotatable bonds is 3. The third kappa shape index (κ3) is 3.79. The number of benzene rings is 1. The zero-order chi connectivity index (χ0) is 13.9. The average Bonchev–Trinajstić information content (AvgIpc) is 2.37. The lowest BCUT2D eigenvalue weighted by Crippen LogP contribution is -2.41. The predicted octanol–water partition coefficient (Wildman–Crippen LogP) is 1.79. The van der Waals surface area contributed by atoms with Crippen molar-refractivity contribution >= 4 is 9.84 Å². The highest BCUT2D eigenvalue weighted by molar-refractivity contribution is 7.91. The van der Waals surface area contributed by atoms with Crippen molar-refractivity contribution in [1.29, 1.82) is 5.26 Å². The lowest BCUT2D eigenvalue weighted by atomic mass is 10.0. The minimum Gasteiger partial charge on any atom is -0.306 e. The van der Waals surface area contributed by atoms with Crippen LogP contribution in [0.15, 0.2) is 24.3 Å². The highest BCUT2D eigenvalue weighted by Gasteiger charge is 2.25. The van der Waals surface area contributed by atoms with E-state index in [0.717, 1.165) is 18.4 Å². The molecule has 1 fully saturated rings. The normalized spacial score (nSPS) is 23.5. The van der Waals surface area contributed by atoms with E-state index in [1.807, 2.05) is 19.1 Å². The Morgan fingerprint density at radius 3 is 2.63 bits per heavy atom. The maximum Gasteiger partial charge on any atom is 0.151 e. The summed E-state index contributed by atoms with van der Waals surface area (Å²) in [7, 11) is -2.88. The van der Waals surface area contributed by atoms with Crippen LogP contribution in [0.2, 0.25) is 0 Å². The third-order valence-electron chi connectivity index (χ3n) is 3.49. The maximum atomic E-state index is 11.6. The van der Waals surface area contributed by atoms with Gasteiger partial charge in [-0.1, -0.05) is 12.1 Å². The lowest BCUT2D eigenvalue weighted by molar-refractivity contribution is 0.437. The molecule has 1 aliphatic rings. The fourth-order valence-electron chi connectivity index (χ4n) is 2.45. The molecule has 19 heavy (non-hydrogen) atoms. The number of sulfone groups is 1. The van der Waals surface area contributed by atoms with Gasteiger partial charge in [0.1, 0.15) is 0 Å². The molecule has 5 heteroatoms. The van der Waals surface area contributed by atoms with Gasteiger partial charge in [-0.15, -0.1) is 0 Å². The summed E-state index contributed by atoms with van der Waals surface area (Å²) in [5, 5.41) is 12.1. The SMILES string of the molecule is CC(NC1CCCS(=O)(=O)C1)c1ccc(C#N)cc1. The van der Waals surface area contributed by atoms with Gasteiger partial charge in [-0.05, 0) is 37.5 Å². The molecule has 0 radical (unpaired) electrons. The van der Waals surface area contributed by atoms with Crippen molar-refractivity contribution in [2.45, 2.75) is 31.8 Å². The Balaban J connectivity index is 2.00. The van der Waals surface area contributed by atoms with E-state index in [2.05, 4.69) is 11.4 Å². The average molecular weight is 278 g/mol. The van der Waals surface area contributed by atoms with E-state index in [-0.39, 0.29) is 17.8 Å². The Kier molecular flexibility index (Phi) is 4.23. The number of nitrogens with zero attached hydrogens (tertiary/aromatic N) is 1. The molecule has 0 saturated carbocycles. The molecule has 0 aliphatic carbocycles. The van der Waals surface area contributed by atoms with Crippen LogP contribution in [0.5, 0.6) is 0 Å². The number of hydrogen-bond acceptors (Lipinski definition) is 4. The predicted molar refractivity (Wildman–Crippen MR) is 74.4 cm³/mol. The van der Waals surface area contributed by atoms with Gasteiger partial charge in [0, 0.05) is 12.1 Å². The summed E-state index contributed by atoms with van der Waals surface area (Å²) in [6, 6.07) is 9.59. The minimum absolute atomic E-state index is 0.0318. The molecule has 0 spiro atoms. The number of nitrogens with one attached hydrogen (secondary N) is 1. The monoisotopic (exact) mass is 278 g/mol. The first-order valence-corrected chi connectivity index (χ1v) is 8.29. The molecule has 1 N–H and O–H groups in total. The standard InChI is InChI=1S/C14H18N2O2S/c1-11(13-6-4-12(9-15)5-7-13)16-14-3-2-8-19(17,18)10-14/h4-7,11,14,16H,2-3,8,10H2,1H3. The molecule has 0 bridgehead atoms. The summed E-state index contributed by atoms with van der Waals surface area (Å²) in [6.45, 7) is 2.02. The third-order valence-corrected chi connectivity index (χ3v) is 5.31. The van der Waals surface area contributed by atoms with Crippen LogP contribution in [0.25, 0.3) is 0 Å². The van der Waals surface area contributed by atoms with Crippen molar-refractivity contribution in [2.24, 2.45) is 0 Å². The Morgan fingerprint density at radius 1 is 1.37 bits per heavy atom. The highest BCUT2D eigenvalue weighted by Crippen LogP contribution is 2.18. The van der Waals surface area contributed by atoms with Crippen LogP contribution in [-0.2, 0) is 9.84 Å². The summed E-state index contributed by atoms with van der Waals surface area (Å²) in [5.74, 6) is 0.546. The molecule has 1 aromatic rings. The molecule has 102 valence electrons. The molecule has 1 aliphatic heterocycles. The smallest absolute Gasteiger partial charge is 0.151 e. The van der Waals surface area contributed by atoms with Crippen LogP contribution in [0.3, 0.4) is 0 Å². The summed E-state index contributed by atoms with van der Waals surface area (Å²) >= 11 is 0. The quantitative estimate of drug-likeness (QED) is 0.915. The van der Waals surface area contributed by atoms with Crippen molar-refractivity contribution in [3.8, 4) is 6.07 Å². The van der Waals surface area contributed by atoms with Crippen molar-refractivity contribution in [3.05, 3.63) is 35.4 Å². The van der Waals surface area contributed by atoms with Crippen LogP contribution < -0.4 is 5.32 Å². The zero-order valence-corrected chi connectivity index (χ0v) is 11.8. The van der Waals surface area contributed by atoms with E-state index in [9.17, 15) is 8.42 Å². The van der Waals surface area contributed by atoms with Gasteiger partial charge in [-0.3, -0.25) is 0 Å². The molecule has 0 amide bonds. The minimum atomic E-state index is -2.88. The topological polar surface area (TPSA) is 70.0 Å². The maximum absolute atomic E-state index is 11.6. The van der Waals surface area contributed by atoms with Crippen LogP contribution >= 0.6 is 0 Å². The Morgan fingerprint density at radius 2 is 2.05 bits per heavy atom. The van der Waals surface area contributed by atoms with E-state index in [1.165, 1.54) is 0 Å². The molecule has 2 unspecified atom stereocenters. The van der Waals surface area contributed by atoms with Crippen LogP contribution in [0, 0.1) is 11.3 Å². The van der Waals surface area contributed by atoms with Gasteiger partial charge in [0.15, 0.2) is 9.84 Å². The van der Waals surface area contributed by atoms with E-state index < -0.39 is 9.84 Å². The molecular weight excluding hydrogens is 260 g/mol. The van der Waals surface area contributed by atoms with Gasteiger partial charge in [-0.25, -0.2) is 8.42 Å². The number of nitriles is 1. The van der Waals surface area contributed by atoms with E-state index in [4.69, 9.17) is 5.26 Å². The fraction of sp³-hybridized carbons (Fsp3) is 0.500. The van der Waals surface area contributed by atoms with Crippen molar-refractivity contribution < 1.29 is 8.42 Å². The Bertz CT molecular complexity index is 572.